The Bertz CT molecular complexity index is 1350. The molecule has 2 heterocycles. The molecule has 0 atom stereocenters. The molecule has 10 heteroatoms. The molecular weight excluding hydrogens is 488 g/mol. The van der Waals surface area contributed by atoms with Crippen LogP contribution in [0, 0.1) is 24.5 Å². The van der Waals surface area contributed by atoms with Crippen LogP contribution in [0.25, 0.3) is 12.2 Å². The van der Waals surface area contributed by atoms with E-state index in [2.05, 4.69) is 10.5 Å². The Labute approximate surface area is 208 Å². The van der Waals surface area contributed by atoms with E-state index in [4.69, 9.17) is 4.52 Å². The first-order chi connectivity index (χ1) is 17.3. The number of benzene rings is 2. The average molecular weight is 516 g/mol. The lowest BCUT2D eigenvalue weighted by Gasteiger charge is -2.30. The fourth-order valence-electron chi connectivity index (χ4n) is 4.21. The topological polar surface area (TPSA) is 92.5 Å². The molecule has 36 heavy (non-hydrogen) atoms. The minimum absolute atomic E-state index is 0.0444. The van der Waals surface area contributed by atoms with Crippen molar-refractivity contribution in [2.24, 2.45) is 5.92 Å². The van der Waals surface area contributed by atoms with Gasteiger partial charge in [0, 0.05) is 37.2 Å². The van der Waals surface area contributed by atoms with Gasteiger partial charge in [0.25, 0.3) is 0 Å². The lowest BCUT2D eigenvalue weighted by molar-refractivity contribution is -0.126. The van der Waals surface area contributed by atoms with Gasteiger partial charge in [-0.2, -0.15) is 4.31 Å². The lowest BCUT2D eigenvalue weighted by Crippen LogP contribution is -2.43. The number of amides is 1. The van der Waals surface area contributed by atoms with E-state index in [1.807, 2.05) is 30.3 Å². The molecule has 1 amide bonds. The Morgan fingerprint density at radius 2 is 1.86 bits per heavy atom. The second kappa shape index (κ2) is 11.1. The first-order valence-electron chi connectivity index (χ1n) is 11.7. The minimum atomic E-state index is -3.96. The Morgan fingerprint density at radius 1 is 1.14 bits per heavy atom. The second-order valence-corrected chi connectivity index (χ2v) is 10.5. The summed E-state index contributed by atoms with van der Waals surface area (Å²) >= 11 is 0. The van der Waals surface area contributed by atoms with E-state index in [-0.39, 0.29) is 46.8 Å². The quantitative estimate of drug-likeness (QED) is 0.486. The molecule has 1 N–H and O–H groups in total. The van der Waals surface area contributed by atoms with Crippen molar-refractivity contribution < 1.29 is 26.5 Å². The fraction of sp³-hybridized carbons (Fsp3) is 0.308. The highest BCUT2D eigenvalue weighted by Gasteiger charge is 2.35. The monoisotopic (exact) mass is 515 g/mol. The molecule has 1 aromatic heterocycles. The number of hydrogen-bond donors (Lipinski definition) is 1. The number of sulfonamides is 1. The van der Waals surface area contributed by atoms with E-state index < -0.39 is 21.7 Å². The van der Waals surface area contributed by atoms with Gasteiger partial charge in [-0.15, -0.1) is 0 Å². The third-order valence-corrected chi connectivity index (χ3v) is 8.25. The van der Waals surface area contributed by atoms with Crippen molar-refractivity contribution in [3.8, 4) is 0 Å². The molecule has 0 unspecified atom stereocenters. The molecule has 0 aliphatic carbocycles. The zero-order chi connectivity index (χ0) is 25.7. The van der Waals surface area contributed by atoms with Gasteiger partial charge in [-0.3, -0.25) is 4.79 Å². The maximum absolute atomic E-state index is 14.0. The van der Waals surface area contributed by atoms with E-state index in [0.29, 0.717) is 19.4 Å². The number of carbonyl (C=O) groups is 1. The third-order valence-electron chi connectivity index (χ3n) is 6.19. The van der Waals surface area contributed by atoms with E-state index in [1.54, 1.807) is 0 Å². The van der Waals surface area contributed by atoms with Crippen molar-refractivity contribution in [2.75, 3.05) is 19.6 Å². The summed E-state index contributed by atoms with van der Waals surface area (Å²) in [6.07, 6.45) is 4.12. The van der Waals surface area contributed by atoms with E-state index in [1.165, 1.54) is 29.4 Å². The van der Waals surface area contributed by atoms with Crippen LogP contribution >= 0.6 is 0 Å². The summed E-state index contributed by atoms with van der Waals surface area (Å²) in [5.41, 5.74) is 1.39. The summed E-state index contributed by atoms with van der Waals surface area (Å²) in [7, 11) is -3.96. The third kappa shape index (κ3) is 5.88. The number of hydrogen-bond acceptors (Lipinski definition) is 5. The molecule has 3 aromatic rings. The van der Waals surface area contributed by atoms with Crippen molar-refractivity contribution >= 4 is 28.1 Å². The number of aryl methyl sites for hydroxylation is 1. The average Bonchev–Trinajstić information content (AvgIpc) is 3.25. The van der Waals surface area contributed by atoms with Gasteiger partial charge in [-0.1, -0.05) is 35.5 Å². The van der Waals surface area contributed by atoms with Crippen LogP contribution in [0.3, 0.4) is 0 Å². The van der Waals surface area contributed by atoms with Gasteiger partial charge < -0.3 is 9.84 Å². The van der Waals surface area contributed by atoms with Crippen LogP contribution in [0.1, 0.15) is 35.4 Å². The second-order valence-electron chi connectivity index (χ2n) is 8.67. The molecule has 0 bridgehead atoms. The van der Waals surface area contributed by atoms with Gasteiger partial charge >= 0.3 is 0 Å². The number of carbonyl (C=O) groups excluding carboxylic acids is 1. The molecule has 0 saturated carbocycles. The summed E-state index contributed by atoms with van der Waals surface area (Å²) in [6.45, 7) is 2.39. The molecule has 1 fully saturated rings. The summed E-state index contributed by atoms with van der Waals surface area (Å²) < 4.78 is 60.4. The first-order valence-corrected chi connectivity index (χ1v) is 13.1. The highest BCUT2D eigenvalue weighted by atomic mass is 32.2. The van der Waals surface area contributed by atoms with Crippen LogP contribution in [0.4, 0.5) is 8.78 Å². The minimum Gasteiger partial charge on any atom is -0.356 e. The summed E-state index contributed by atoms with van der Waals surface area (Å²) in [5, 5.41) is 6.72. The van der Waals surface area contributed by atoms with Gasteiger partial charge in [-0.05, 0) is 56.0 Å². The predicted molar refractivity (Wildman–Crippen MR) is 131 cm³/mol. The van der Waals surface area contributed by atoms with Crippen molar-refractivity contribution in [1.82, 2.24) is 14.8 Å². The SMILES string of the molecule is Cc1noc(C=Cc2ccc(F)cc2F)c1S(=O)(=O)N1CCC(C(=O)NCCc2ccccc2)CC1. The van der Waals surface area contributed by atoms with Crippen molar-refractivity contribution in [3.63, 3.8) is 0 Å². The Balaban J connectivity index is 1.38. The Morgan fingerprint density at radius 3 is 2.56 bits per heavy atom. The predicted octanol–water partition coefficient (Wildman–Crippen LogP) is 4.19. The number of nitrogens with zero attached hydrogens (tertiary/aromatic N) is 2. The van der Waals surface area contributed by atoms with Gasteiger partial charge in [-0.25, -0.2) is 17.2 Å². The van der Waals surface area contributed by atoms with Crippen molar-refractivity contribution in [1.29, 1.82) is 0 Å². The van der Waals surface area contributed by atoms with Crippen LogP contribution in [-0.2, 0) is 21.2 Å². The van der Waals surface area contributed by atoms with Crippen molar-refractivity contribution in [3.05, 3.63) is 82.7 Å². The molecule has 2 aromatic carbocycles. The molecule has 0 spiro atoms. The van der Waals surface area contributed by atoms with E-state index in [9.17, 15) is 22.0 Å². The normalized spacial score (nSPS) is 15.4. The Kier molecular flexibility index (Phi) is 7.95. The van der Waals surface area contributed by atoms with Gasteiger partial charge in [0.15, 0.2) is 10.7 Å². The molecule has 4 rings (SSSR count). The number of nitrogens with one attached hydrogen (secondary N) is 1. The largest absolute Gasteiger partial charge is 0.356 e. The lowest BCUT2D eigenvalue weighted by atomic mass is 9.97. The zero-order valence-electron chi connectivity index (χ0n) is 19.8. The molecule has 1 aliphatic heterocycles. The summed E-state index contributed by atoms with van der Waals surface area (Å²) in [4.78, 5) is 12.5. The number of piperidine rings is 1. The molecular formula is C26H27F2N3O4S. The van der Waals surface area contributed by atoms with E-state index >= 15 is 0 Å². The highest BCUT2D eigenvalue weighted by molar-refractivity contribution is 7.89. The van der Waals surface area contributed by atoms with Gasteiger partial charge in [0.2, 0.25) is 15.9 Å². The van der Waals surface area contributed by atoms with Gasteiger partial charge in [0.1, 0.15) is 17.3 Å². The first kappa shape index (κ1) is 25.7. The van der Waals surface area contributed by atoms with Crippen molar-refractivity contribution in [2.45, 2.75) is 31.1 Å². The zero-order valence-corrected chi connectivity index (χ0v) is 20.6. The van der Waals surface area contributed by atoms with Crippen LogP contribution in [0.2, 0.25) is 0 Å². The highest BCUT2D eigenvalue weighted by Crippen LogP contribution is 2.29. The molecule has 0 radical (unpaired) electrons. The summed E-state index contributed by atoms with van der Waals surface area (Å²) in [5.74, 6) is -1.88. The maximum Gasteiger partial charge on any atom is 0.248 e. The maximum atomic E-state index is 14.0. The van der Waals surface area contributed by atoms with Crippen LogP contribution in [0.5, 0.6) is 0 Å². The molecule has 7 nitrogen and oxygen atoms in total. The summed E-state index contributed by atoms with van der Waals surface area (Å²) in [6, 6.07) is 12.9. The number of rotatable bonds is 8. The van der Waals surface area contributed by atoms with Gasteiger partial charge in [0.05, 0.1) is 0 Å². The van der Waals surface area contributed by atoms with Crippen LogP contribution in [0.15, 0.2) is 57.9 Å². The molecule has 190 valence electrons. The smallest absolute Gasteiger partial charge is 0.248 e. The Hall–Kier alpha value is -3.37. The van der Waals surface area contributed by atoms with Crippen LogP contribution < -0.4 is 5.32 Å². The molecule has 1 saturated heterocycles. The van der Waals surface area contributed by atoms with E-state index in [0.717, 1.165) is 24.1 Å². The molecule has 1 aliphatic rings. The van der Waals surface area contributed by atoms with Crippen LogP contribution in [-0.4, -0.2) is 43.4 Å². The fourth-order valence-corrected chi connectivity index (χ4v) is 5.93. The number of aromatic nitrogens is 1. The number of halogens is 2. The standard InChI is InChI=1S/C26H27F2N3O4S/c1-18-25(24(35-30-18)10-8-20-7-9-22(27)17-23(20)28)36(33,34)31-15-12-21(13-16-31)26(32)29-14-11-19-5-3-2-4-6-19/h2-10,17,21H,11-16H2,1H3,(H,29,32).